The maximum atomic E-state index is 13.5. The van der Waals surface area contributed by atoms with Crippen molar-refractivity contribution in [2.75, 3.05) is 32.7 Å². The van der Waals surface area contributed by atoms with Crippen LogP contribution in [0.3, 0.4) is 0 Å². The molecule has 236 valence electrons. The van der Waals surface area contributed by atoms with Gasteiger partial charge in [0.2, 0.25) is 5.91 Å². The minimum absolute atomic E-state index is 0.0270. The molecular weight excluding hydrogens is 562 g/mol. The monoisotopic (exact) mass is 605 g/mol. The topological polar surface area (TPSA) is 157 Å². The van der Waals surface area contributed by atoms with E-state index in [9.17, 15) is 27.8 Å². The van der Waals surface area contributed by atoms with Crippen LogP contribution in [-0.2, 0) is 38.9 Å². The smallest absolute Gasteiger partial charge is 0.423 e. The fraction of sp³-hybridized carbons (Fsp3) is 0.533. The number of rotatable bonds is 16. The lowest BCUT2D eigenvalue weighted by molar-refractivity contribution is -0.137. The predicted octanol–water partition coefficient (Wildman–Crippen LogP) is 1.21. The second kappa shape index (κ2) is 15.3. The zero-order valence-corrected chi connectivity index (χ0v) is 24.8. The van der Waals surface area contributed by atoms with Crippen LogP contribution < -0.4 is 28.0 Å². The van der Waals surface area contributed by atoms with Gasteiger partial charge in [0.15, 0.2) is 5.78 Å². The molecule has 0 unspecified atom stereocenters. The van der Waals surface area contributed by atoms with Crippen LogP contribution in [0.5, 0.6) is 0 Å². The lowest BCUT2D eigenvalue weighted by atomic mass is 9.77. The Morgan fingerprint density at radius 1 is 1.02 bits per heavy atom. The molecule has 0 bridgehead atoms. The normalized spacial score (nSPS) is 15.8. The number of halogens is 3. The summed E-state index contributed by atoms with van der Waals surface area (Å²) >= 11 is 0. The fourth-order valence-corrected chi connectivity index (χ4v) is 5.34. The number of nitrogens with one attached hydrogen (secondary N) is 1. The Labute approximate surface area is 251 Å². The molecular formula is C30H43BF3N5O4. The van der Waals surface area contributed by atoms with Crippen LogP contribution in [0.15, 0.2) is 42.5 Å². The average Bonchev–Trinajstić information content (AvgIpc) is 3.17. The van der Waals surface area contributed by atoms with Crippen molar-refractivity contribution < 1.29 is 32.4 Å². The van der Waals surface area contributed by atoms with Crippen molar-refractivity contribution in [2.24, 2.45) is 17.2 Å². The van der Waals surface area contributed by atoms with E-state index < -0.39 is 42.5 Å². The molecule has 43 heavy (non-hydrogen) atoms. The number of benzene rings is 2. The summed E-state index contributed by atoms with van der Waals surface area (Å²) in [5.41, 5.74) is 18.7. The van der Waals surface area contributed by atoms with Gasteiger partial charge < -0.3 is 37.1 Å². The van der Waals surface area contributed by atoms with Crippen molar-refractivity contribution in [2.45, 2.75) is 69.8 Å². The molecule has 2 atom stereocenters. The number of nitrogens with zero attached hydrogens (tertiary/aromatic N) is 1. The molecule has 1 aliphatic rings. The van der Waals surface area contributed by atoms with E-state index in [1.54, 1.807) is 12.1 Å². The van der Waals surface area contributed by atoms with Gasteiger partial charge in [-0.3, -0.25) is 9.59 Å². The van der Waals surface area contributed by atoms with E-state index in [4.69, 9.17) is 21.9 Å². The second-order valence-corrected chi connectivity index (χ2v) is 11.5. The first kappa shape index (κ1) is 34.7. The van der Waals surface area contributed by atoms with E-state index in [2.05, 4.69) is 10.2 Å². The van der Waals surface area contributed by atoms with Crippen LogP contribution in [-0.4, -0.2) is 73.5 Å². The van der Waals surface area contributed by atoms with Crippen LogP contribution in [0.1, 0.15) is 55.4 Å². The number of nitrogens with two attached hydrogens (primary N) is 3. The summed E-state index contributed by atoms with van der Waals surface area (Å²) in [5.74, 6) is -0.758. The molecule has 13 heteroatoms. The number of amides is 1. The number of Topliss-reactive ketones (excluding diaryl/α,β-unsaturated/α-hetero) is 1. The van der Waals surface area contributed by atoms with Gasteiger partial charge in [-0.15, -0.1) is 0 Å². The minimum Gasteiger partial charge on any atom is -0.423 e. The Morgan fingerprint density at radius 3 is 2.26 bits per heavy atom. The van der Waals surface area contributed by atoms with E-state index in [0.29, 0.717) is 62.2 Å². The molecule has 0 radical (unpaired) electrons. The molecule has 1 aliphatic heterocycles. The summed E-state index contributed by atoms with van der Waals surface area (Å²) in [6, 6.07) is 8.30. The Bertz CT molecular complexity index is 1220. The molecule has 0 aromatic heterocycles. The number of fused-ring (bicyclic) bond motifs is 1. The first-order valence-corrected chi connectivity index (χ1v) is 14.6. The molecule has 2 aromatic carbocycles. The van der Waals surface area contributed by atoms with E-state index >= 15 is 0 Å². The number of hydrogen-bond donors (Lipinski definition) is 5. The van der Waals surface area contributed by atoms with E-state index in [-0.39, 0.29) is 25.0 Å². The molecule has 1 amide bonds. The molecule has 0 saturated heterocycles. The SMILES string of the molecule is CC1(C)OB(O)c2cc(CC(=O)[C@@H](CCc3ccc(C(F)(F)F)cc3)NC(=O)[C@@H](N)CCCN(CCN)CCN)ccc21. The van der Waals surface area contributed by atoms with E-state index in [1.807, 2.05) is 19.9 Å². The fourth-order valence-electron chi connectivity index (χ4n) is 5.34. The summed E-state index contributed by atoms with van der Waals surface area (Å²) in [4.78, 5) is 28.7. The van der Waals surface area contributed by atoms with Crippen LogP contribution in [0.25, 0.3) is 0 Å². The molecule has 0 saturated carbocycles. The van der Waals surface area contributed by atoms with Crippen LogP contribution in [0.2, 0.25) is 0 Å². The van der Waals surface area contributed by atoms with Crippen molar-refractivity contribution in [1.29, 1.82) is 0 Å². The summed E-state index contributed by atoms with van der Waals surface area (Å²) in [7, 11) is -1.11. The van der Waals surface area contributed by atoms with Crippen molar-refractivity contribution >= 4 is 24.3 Å². The predicted molar refractivity (Wildman–Crippen MR) is 160 cm³/mol. The summed E-state index contributed by atoms with van der Waals surface area (Å²) in [5, 5.41) is 13.1. The van der Waals surface area contributed by atoms with Crippen LogP contribution >= 0.6 is 0 Å². The van der Waals surface area contributed by atoms with Crippen molar-refractivity contribution in [3.63, 3.8) is 0 Å². The van der Waals surface area contributed by atoms with E-state index in [1.165, 1.54) is 12.1 Å². The summed E-state index contributed by atoms with van der Waals surface area (Å²) in [6.45, 7) is 6.71. The van der Waals surface area contributed by atoms with Gasteiger partial charge in [0.25, 0.3) is 0 Å². The highest BCUT2D eigenvalue weighted by Gasteiger charge is 2.40. The van der Waals surface area contributed by atoms with Gasteiger partial charge in [-0.1, -0.05) is 30.3 Å². The second-order valence-electron chi connectivity index (χ2n) is 11.5. The number of hydrogen-bond acceptors (Lipinski definition) is 8. The zero-order valence-electron chi connectivity index (χ0n) is 24.8. The lowest BCUT2D eigenvalue weighted by Crippen LogP contribution is -2.49. The highest BCUT2D eigenvalue weighted by atomic mass is 19.4. The quantitative estimate of drug-likeness (QED) is 0.179. The van der Waals surface area contributed by atoms with Gasteiger partial charge in [-0.05, 0) is 80.4 Å². The maximum Gasteiger partial charge on any atom is 0.492 e. The molecule has 2 aromatic rings. The average molecular weight is 606 g/mol. The van der Waals surface area contributed by atoms with Gasteiger partial charge in [-0.2, -0.15) is 13.2 Å². The summed E-state index contributed by atoms with van der Waals surface area (Å²) < 4.78 is 44.6. The van der Waals surface area contributed by atoms with Crippen molar-refractivity contribution in [3.05, 3.63) is 64.7 Å². The standard InChI is InChI=1S/C30H43BF3N5O4/c1-29(2)23-11-7-21(18-24(23)31(42)43-29)19-27(40)26(12-8-20-5-9-22(10-6-20)30(32,33)34)38-28(41)25(37)4-3-15-39(16-13-35)17-14-36/h5-7,9-11,18,25-26,42H,3-4,8,12-17,19,35-37H2,1-2H3,(H,38,41)/t25-,26+/m0/s1. The maximum absolute atomic E-state index is 13.5. The third-order valence-electron chi connectivity index (χ3n) is 7.74. The largest absolute Gasteiger partial charge is 0.492 e. The molecule has 9 nitrogen and oxygen atoms in total. The van der Waals surface area contributed by atoms with E-state index in [0.717, 1.165) is 17.7 Å². The lowest BCUT2D eigenvalue weighted by Gasteiger charge is -2.23. The van der Waals surface area contributed by atoms with Crippen LogP contribution in [0, 0.1) is 0 Å². The molecule has 3 rings (SSSR count). The molecule has 0 fully saturated rings. The number of aryl methyl sites for hydroxylation is 1. The highest BCUT2D eigenvalue weighted by molar-refractivity contribution is 6.62. The number of carbonyl (C=O) groups is 2. The molecule has 0 aliphatic carbocycles. The zero-order chi connectivity index (χ0) is 31.8. The Balaban J connectivity index is 1.69. The third-order valence-corrected chi connectivity index (χ3v) is 7.74. The molecule has 1 heterocycles. The van der Waals surface area contributed by atoms with Gasteiger partial charge >= 0.3 is 13.3 Å². The summed E-state index contributed by atoms with van der Waals surface area (Å²) in [6.07, 6.45) is -3.02. The van der Waals surface area contributed by atoms with Gasteiger partial charge in [-0.25, -0.2) is 0 Å². The number of alkyl halides is 3. The Morgan fingerprint density at radius 2 is 1.65 bits per heavy atom. The Kier molecular flexibility index (Phi) is 12.3. The Hall–Kier alpha value is -2.81. The highest BCUT2D eigenvalue weighted by Crippen LogP contribution is 2.31. The molecule has 0 spiro atoms. The number of ketones is 1. The first-order chi connectivity index (χ1) is 20.2. The van der Waals surface area contributed by atoms with Crippen LogP contribution in [0.4, 0.5) is 13.2 Å². The first-order valence-electron chi connectivity index (χ1n) is 14.6. The van der Waals surface area contributed by atoms with Crippen molar-refractivity contribution in [3.8, 4) is 0 Å². The molecule has 8 N–H and O–H groups in total. The minimum atomic E-state index is -4.45. The third kappa shape index (κ3) is 9.85. The van der Waals surface area contributed by atoms with Gasteiger partial charge in [0, 0.05) is 32.6 Å². The number of carbonyl (C=O) groups excluding carboxylic acids is 2. The van der Waals surface area contributed by atoms with Crippen molar-refractivity contribution in [1.82, 2.24) is 10.2 Å². The van der Waals surface area contributed by atoms with Gasteiger partial charge in [0.1, 0.15) is 0 Å². The van der Waals surface area contributed by atoms with Gasteiger partial charge in [0.05, 0.1) is 23.2 Å².